The van der Waals surface area contributed by atoms with Crippen LogP contribution in [0.2, 0.25) is 0 Å². The summed E-state index contributed by atoms with van der Waals surface area (Å²) < 4.78 is 7.22. The van der Waals surface area contributed by atoms with Gasteiger partial charge in [-0.1, -0.05) is 55.3 Å². The first kappa shape index (κ1) is 29.7. The topological polar surface area (TPSA) is 58.6 Å². The first-order valence-corrected chi connectivity index (χ1v) is 17.7. The highest BCUT2D eigenvalue weighted by atomic mass is 16.5. The zero-order valence-corrected chi connectivity index (χ0v) is 26.9. The van der Waals surface area contributed by atoms with E-state index in [1.807, 2.05) is 18.2 Å². The Morgan fingerprint density at radius 2 is 1.93 bits per heavy atom. The highest BCUT2D eigenvalue weighted by Gasteiger charge is 2.59. The molecule has 1 amide bonds. The number of nitrogens with one attached hydrogen (secondary N) is 1. The number of amides is 1. The van der Waals surface area contributed by atoms with Gasteiger partial charge in [0.2, 0.25) is 5.91 Å². The van der Waals surface area contributed by atoms with E-state index in [-0.39, 0.29) is 11.5 Å². The highest BCUT2D eigenvalue weighted by molar-refractivity contribution is 5.79. The third-order valence-corrected chi connectivity index (χ3v) is 13.6. The number of hydrogen-bond donors (Lipinski definition) is 1. The minimum absolute atomic E-state index is 0.0495. The Morgan fingerprint density at radius 3 is 2.77 bits per heavy atom. The predicted molar refractivity (Wildman–Crippen MR) is 170 cm³/mol. The molecule has 1 aromatic carbocycles. The molecule has 0 radical (unpaired) electrons. The van der Waals surface area contributed by atoms with Gasteiger partial charge in [-0.25, -0.2) is 0 Å². The maximum Gasteiger partial charge on any atom is 0.220 e. The molecule has 2 heterocycles. The van der Waals surface area contributed by atoms with Crippen LogP contribution in [0.15, 0.2) is 41.5 Å². The van der Waals surface area contributed by atoms with Crippen LogP contribution in [-0.2, 0) is 20.7 Å². The van der Waals surface area contributed by atoms with Crippen molar-refractivity contribution in [2.45, 2.75) is 122 Å². The number of carbonyl (C=O) groups is 2. The van der Waals surface area contributed by atoms with Crippen molar-refractivity contribution in [2.75, 3.05) is 19.6 Å². The number of allylic oxidation sites excluding steroid dienone is 1. The maximum absolute atomic E-state index is 12.6. The molecule has 0 aromatic heterocycles. The predicted octanol–water partition coefficient (Wildman–Crippen LogP) is 6.90. The van der Waals surface area contributed by atoms with Crippen LogP contribution in [-0.4, -0.2) is 54.0 Å². The van der Waals surface area contributed by atoms with Crippen LogP contribution in [0.5, 0.6) is 0 Å². The summed E-state index contributed by atoms with van der Waals surface area (Å²) in [6.07, 6.45) is 14.2. The molecule has 1 spiro atoms. The summed E-state index contributed by atoms with van der Waals surface area (Å²) in [5.74, 6) is 4.07. The second kappa shape index (κ2) is 11.7. The summed E-state index contributed by atoms with van der Waals surface area (Å²) >= 11 is 0. The lowest BCUT2D eigenvalue weighted by Gasteiger charge is -2.52. The lowest BCUT2D eigenvalue weighted by atomic mass is 9.52. The van der Waals surface area contributed by atoms with Gasteiger partial charge in [0.05, 0.1) is 11.7 Å². The summed E-state index contributed by atoms with van der Waals surface area (Å²) in [5.41, 5.74) is 4.95. The second-order valence-corrected chi connectivity index (χ2v) is 15.6. The SMILES string of the molecule is CC1=C2CC3C(CCC4CC(=O)CCC43C)C2CCC2(C1)OC1CCCN(CCNC(=O)CCc3ccccc3)C1C2C. The van der Waals surface area contributed by atoms with Crippen molar-refractivity contribution in [3.8, 4) is 0 Å². The monoisotopic (exact) mass is 586 g/mol. The number of piperidine rings is 1. The number of ketones is 1. The summed E-state index contributed by atoms with van der Waals surface area (Å²) in [5, 5.41) is 3.21. The van der Waals surface area contributed by atoms with Gasteiger partial charge >= 0.3 is 0 Å². The summed E-state index contributed by atoms with van der Waals surface area (Å²) in [4.78, 5) is 27.6. The van der Waals surface area contributed by atoms with E-state index in [1.54, 1.807) is 11.1 Å². The van der Waals surface area contributed by atoms with Crippen LogP contribution in [0.1, 0.15) is 103 Å². The molecule has 6 aliphatic rings. The summed E-state index contributed by atoms with van der Waals surface area (Å²) in [6, 6.07) is 10.7. The molecule has 5 heteroatoms. The molecule has 234 valence electrons. The number of carbonyl (C=O) groups excluding carboxylic acids is 2. The maximum atomic E-state index is 12.6. The lowest BCUT2D eigenvalue weighted by molar-refractivity contribution is -0.130. The van der Waals surface area contributed by atoms with E-state index in [9.17, 15) is 9.59 Å². The Bertz CT molecular complexity index is 1240. The van der Waals surface area contributed by atoms with Gasteiger partial charge in [-0.15, -0.1) is 0 Å². The average molecular weight is 587 g/mol. The minimum atomic E-state index is -0.0495. The smallest absolute Gasteiger partial charge is 0.220 e. The molecule has 1 aromatic rings. The van der Waals surface area contributed by atoms with Gasteiger partial charge in [0.25, 0.3) is 0 Å². The van der Waals surface area contributed by atoms with Crippen molar-refractivity contribution in [2.24, 2.45) is 35.0 Å². The normalized spacial score (nSPS) is 40.9. The van der Waals surface area contributed by atoms with Crippen LogP contribution in [0.3, 0.4) is 0 Å². The molecule has 0 bridgehead atoms. The van der Waals surface area contributed by atoms with E-state index in [0.29, 0.717) is 41.6 Å². The van der Waals surface area contributed by atoms with Gasteiger partial charge < -0.3 is 10.1 Å². The Labute approximate surface area is 259 Å². The molecule has 9 unspecified atom stereocenters. The minimum Gasteiger partial charge on any atom is -0.369 e. The molecule has 4 aliphatic carbocycles. The van der Waals surface area contributed by atoms with E-state index in [1.165, 1.54) is 50.5 Å². The Morgan fingerprint density at radius 1 is 1.09 bits per heavy atom. The molecule has 43 heavy (non-hydrogen) atoms. The molecule has 1 N–H and O–H groups in total. The molecule has 7 rings (SSSR count). The molecular weight excluding hydrogens is 532 g/mol. The fourth-order valence-corrected chi connectivity index (χ4v) is 11.3. The highest BCUT2D eigenvalue weighted by Crippen LogP contribution is 2.65. The first-order valence-electron chi connectivity index (χ1n) is 17.7. The lowest BCUT2D eigenvalue weighted by Crippen LogP contribution is -2.51. The third-order valence-electron chi connectivity index (χ3n) is 13.6. The molecule has 5 nitrogen and oxygen atoms in total. The average Bonchev–Trinajstić information content (AvgIpc) is 3.47. The van der Waals surface area contributed by atoms with E-state index >= 15 is 0 Å². The molecule has 9 atom stereocenters. The van der Waals surface area contributed by atoms with Crippen molar-refractivity contribution in [3.05, 3.63) is 47.0 Å². The molecule has 5 fully saturated rings. The molecular formula is C38H54N2O3. The van der Waals surface area contributed by atoms with Crippen molar-refractivity contribution in [3.63, 3.8) is 0 Å². The largest absolute Gasteiger partial charge is 0.369 e. The number of ether oxygens (including phenoxy) is 1. The van der Waals surface area contributed by atoms with Gasteiger partial charge in [0.1, 0.15) is 5.78 Å². The fraction of sp³-hybridized carbons (Fsp3) is 0.737. The van der Waals surface area contributed by atoms with Crippen LogP contribution in [0.25, 0.3) is 0 Å². The number of aryl methyl sites for hydroxylation is 1. The number of rotatable bonds is 6. The van der Waals surface area contributed by atoms with Gasteiger partial charge in [-0.3, -0.25) is 14.5 Å². The fourth-order valence-electron chi connectivity index (χ4n) is 11.3. The van der Waals surface area contributed by atoms with Gasteiger partial charge in [-0.05, 0) is 112 Å². The molecule has 2 saturated heterocycles. The number of fused-ring (bicyclic) bond motifs is 6. The van der Waals surface area contributed by atoms with Crippen molar-refractivity contribution in [1.29, 1.82) is 0 Å². The standard InChI is InChI=1S/C38H54N2O3/c1-25-24-38(18-16-30-31-13-12-28-22-29(41)15-17-37(28,3)33(31)23-32(25)30)26(2)36-34(43-38)10-7-20-40(36)21-19-39-35(42)14-11-27-8-5-4-6-9-27/h4-6,8-9,26,28,30-31,33-34,36H,7,10-24H2,1-3H3,(H,39,42). The van der Waals surface area contributed by atoms with Crippen molar-refractivity contribution >= 4 is 11.7 Å². The number of benzene rings is 1. The quantitative estimate of drug-likeness (QED) is 0.369. The van der Waals surface area contributed by atoms with Crippen LogP contribution < -0.4 is 5.32 Å². The summed E-state index contributed by atoms with van der Waals surface area (Å²) in [6.45, 7) is 10.2. The van der Waals surface area contributed by atoms with Crippen molar-refractivity contribution < 1.29 is 14.3 Å². The number of nitrogens with zero attached hydrogens (tertiary/aromatic N) is 1. The Kier molecular flexibility index (Phi) is 8.12. The van der Waals surface area contributed by atoms with E-state index in [4.69, 9.17) is 4.74 Å². The number of likely N-dealkylation sites (tertiary alicyclic amines) is 1. The van der Waals surface area contributed by atoms with E-state index in [0.717, 1.165) is 69.5 Å². The van der Waals surface area contributed by atoms with Crippen LogP contribution >= 0.6 is 0 Å². The van der Waals surface area contributed by atoms with Crippen LogP contribution in [0.4, 0.5) is 0 Å². The molecule has 3 saturated carbocycles. The first-order chi connectivity index (χ1) is 20.8. The Hall–Kier alpha value is -1.98. The Balaban J connectivity index is 1.00. The second-order valence-electron chi connectivity index (χ2n) is 15.6. The van der Waals surface area contributed by atoms with Crippen molar-refractivity contribution in [1.82, 2.24) is 10.2 Å². The summed E-state index contributed by atoms with van der Waals surface area (Å²) in [7, 11) is 0. The van der Waals surface area contributed by atoms with Crippen LogP contribution in [0, 0.1) is 35.0 Å². The zero-order chi connectivity index (χ0) is 29.8. The van der Waals surface area contributed by atoms with E-state index in [2.05, 4.69) is 43.1 Å². The number of Topliss-reactive ketones (excluding diaryl/α,β-unsaturated/α-hetero) is 1. The van der Waals surface area contributed by atoms with Gasteiger partial charge in [0, 0.05) is 44.3 Å². The number of hydrogen-bond acceptors (Lipinski definition) is 4. The van der Waals surface area contributed by atoms with Gasteiger partial charge in [0.15, 0.2) is 0 Å². The van der Waals surface area contributed by atoms with E-state index < -0.39 is 0 Å². The third kappa shape index (κ3) is 5.35. The zero-order valence-electron chi connectivity index (χ0n) is 26.9. The molecule has 2 aliphatic heterocycles. The van der Waals surface area contributed by atoms with Gasteiger partial charge in [-0.2, -0.15) is 0 Å².